The van der Waals surface area contributed by atoms with Gasteiger partial charge in [0.1, 0.15) is 18.2 Å². The maximum Gasteiger partial charge on any atom is 0.416 e. The highest BCUT2D eigenvalue weighted by molar-refractivity contribution is 5.75. The first kappa shape index (κ1) is 21.7. The van der Waals surface area contributed by atoms with Gasteiger partial charge in [-0.05, 0) is 42.7 Å². The summed E-state index contributed by atoms with van der Waals surface area (Å²) in [5.74, 6) is -2.34. The van der Waals surface area contributed by atoms with Gasteiger partial charge >= 0.3 is 11.9 Å². The molecule has 1 fully saturated rings. The summed E-state index contributed by atoms with van der Waals surface area (Å²) in [4.78, 5) is 25.1. The van der Waals surface area contributed by atoms with Gasteiger partial charge in [-0.15, -0.1) is 5.10 Å². The predicted molar refractivity (Wildman–Crippen MR) is 103 cm³/mol. The minimum atomic E-state index is -4.50. The topological polar surface area (TPSA) is 68.9 Å². The Morgan fingerprint density at radius 3 is 2.53 bits per heavy atom. The number of carbonyl (C=O) groups excluding carboxylic acids is 1. The SMILES string of the molecule is O=C(Cn1nc(-c2ccc(F)cc2F)n(C2CC2)c1=O)NCc1cccc(C(F)(F)F)c1. The Morgan fingerprint density at radius 2 is 1.88 bits per heavy atom. The van der Waals surface area contributed by atoms with Crippen molar-refractivity contribution in [3.8, 4) is 11.4 Å². The third kappa shape index (κ3) is 4.56. The van der Waals surface area contributed by atoms with Crippen molar-refractivity contribution in [1.29, 1.82) is 0 Å². The monoisotopic (exact) mass is 452 g/mol. The molecule has 0 atom stereocenters. The first-order valence-corrected chi connectivity index (χ1v) is 9.71. The lowest BCUT2D eigenvalue weighted by Gasteiger charge is -2.09. The zero-order valence-corrected chi connectivity index (χ0v) is 16.5. The van der Waals surface area contributed by atoms with Gasteiger partial charge in [-0.25, -0.2) is 18.3 Å². The van der Waals surface area contributed by atoms with Crippen molar-refractivity contribution in [3.63, 3.8) is 0 Å². The first-order valence-electron chi connectivity index (χ1n) is 9.71. The summed E-state index contributed by atoms with van der Waals surface area (Å²) >= 11 is 0. The van der Waals surface area contributed by atoms with Gasteiger partial charge in [0, 0.05) is 18.7 Å². The van der Waals surface area contributed by atoms with E-state index in [0.717, 1.165) is 22.9 Å². The van der Waals surface area contributed by atoms with Crippen molar-refractivity contribution >= 4 is 5.91 Å². The van der Waals surface area contributed by atoms with E-state index in [9.17, 15) is 31.5 Å². The Bertz CT molecular complexity index is 1230. The van der Waals surface area contributed by atoms with Crippen LogP contribution < -0.4 is 11.0 Å². The third-order valence-corrected chi connectivity index (χ3v) is 4.99. The molecule has 32 heavy (non-hydrogen) atoms. The Balaban J connectivity index is 1.52. The van der Waals surface area contributed by atoms with Crippen molar-refractivity contribution in [2.24, 2.45) is 0 Å². The number of hydrogen-bond acceptors (Lipinski definition) is 3. The molecule has 1 aliphatic carbocycles. The van der Waals surface area contributed by atoms with Crippen LogP contribution in [-0.2, 0) is 24.1 Å². The van der Waals surface area contributed by atoms with Crippen LogP contribution in [0.25, 0.3) is 11.4 Å². The number of benzene rings is 2. The lowest BCUT2D eigenvalue weighted by atomic mass is 10.1. The number of hydrogen-bond donors (Lipinski definition) is 1. The quantitative estimate of drug-likeness (QED) is 0.581. The summed E-state index contributed by atoms with van der Waals surface area (Å²) in [6, 6.07) is 7.20. The fourth-order valence-electron chi connectivity index (χ4n) is 3.29. The molecule has 1 N–H and O–H groups in total. The number of nitrogens with one attached hydrogen (secondary N) is 1. The van der Waals surface area contributed by atoms with Crippen LogP contribution in [0.3, 0.4) is 0 Å². The maximum atomic E-state index is 14.3. The number of alkyl halides is 3. The normalized spacial score (nSPS) is 13.9. The van der Waals surface area contributed by atoms with Gasteiger partial charge in [-0.1, -0.05) is 12.1 Å². The lowest BCUT2D eigenvalue weighted by Crippen LogP contribution is -2.33. The molecule has 0 saturated heterocycles. The Morgan fingerprint density at radius 1 is 1.12 bits per heavy atom. The number of amides is 1. The van der Waals surface area contributed by atoms with Crippen LogP contribution in [-0.4, -0.2) is 20.3 Å². The van der Waals surface area contributed by atoms with Gasteiger partial charge in [-0.2, -0.15) is 13.2 Å². The molecule has 0 bridgehead atoms. The van der Waals surface area contributed by atoms with E-state index < -0.39 is 41.5 Å². The highest BCUT2D eigenvalue weighted by Crippen LogP contribution is 2.37. The molecular weight excluding hydrogens is 435 g/mol. The van der Waals surface area contributed by atoms with Crippen molar-refractivity contribution in [3.05, 3.63) is 75.7 Å². The van der Waals surface area contributed by atoms with Crippen LogP contribution in [0.4, 0.5) is 22.0 Å². The first-order chi connectivity index (χ1) is 15.1. The summed E-state index contributed by atoms with van der Waals surface area (Å²) in [5, 5.41) is 6.51. The number of aromatic nitrogens is 3. The Labute approximate surface area is 178 Å². The van der Waals surface area contributed by atoms with Gasteiger partial charge in [0.15, 0.2) is 5.82 Å². The van der Waals surface area contributed by atoms with Gasteiger partial charge < -0.3 is 5.32 Å². The minimum Gasteiger partial charge on any atom is -0.350 e. The van der Waals surface area contributed by atoms with Crippen LogP contribution >= 0.6 is 0 Å². The summed E-state index contributed by atoms with van der Waals surface area (Å²) in [6.45, 7) is -0.687. The fraction of sp³-hybridized carbons (Fsp3) is 0.286. The standard InChI is InChI=1S/C21H17F5N4O2/c22-14-4-7-16(17(23)9-14)19-28-29(20(32)30(19)15-5-6-15)11-18(31)27-10-12-2-1-3-13(8-12)21(24,25)26/h1-4,7-9,15H,5-6,10-11H2,(H,27,31). The molecule has 0 radical (unpaired) electrons. The molecule has 1 saturated carbocycles. The molecule has 1 aromatic heterocycles. The number of halogens is 5. The second-order valence-corrected chi connectivity index (χ2v) is 7.46. The Hall–Kier alpha value is -3.50. The minimum absolute atomic E-state index is 0.0133. The highest BCUT2D eigenvalue weighted by atomic mass is 19.4. The van der Waals surface area contributed by atoms with E-state index in [1.807, 2.05) is 0 Å². The van der Waals surface area contributed by atoms with Gasteiger partial charge in [0.05, 0.1) is 11.1 Å². The molecule has 0 unspecified atom stereocenters. The van der Waals surface area contributed by atoms with Crippen molar-refractivity contribution < 1.29 is 26.7 Å². The number of nitrogens with zero attached hydrogens (tertiary/aromatic N) is 3. The molecule has 168 valence electrons. The molecule has 4 rings (SSSR count). The summed E-state index contributed by atoms with van der Waals surface area (Å²) < 4.78 is 68.1. The zero-order chi connectivity index (χ0) is 23.0. The summed E-state index contributed by atoms with van der Waals surface area (Å²) in [7, 11) is 0. The van der Waals surface area contributed by atoms with Crippen molar-refractivity contribution in [1.82, 2.24) is 19.7 Å². The molecule has 2 aromatic carbocycles. The molecule has 3 aromatic rings. The van der Waals surface area contributed by atoms with E-state index in [1.165, 1.54) is 22.8 Å². The third-order valence-electron chi connectivity index (χ3n) is 4.99. The number of carbonyl (C=O) groups is 1. The molecule has 6 nitrogen and oxygen atoms in total. The van der Waals surface area contributed by atoms with Crippen molar-refractivity contribution in [2.75, 3.05) is 0 Å². The van der Waals surface area contributed by atoms with E-state index in [-0.39, 0.29) is 29.5 Å². The largest absolute Gasteiger partial charge is 0.416 e. The van der Waals surface area contributed by atoms with Gasteiger partial charge in [0.25, 0.3) is 0 Å². The van der Waals surface area contributed by atoms with E-state index >= 15 is 0 Å². The maximum absolute atomic E-state index is 14.3. The van der Waals surface area contributed by atoms with Crippen LogP contribution in [0.2, 0.25) is 0 Å². The fourth-order valence-corrected chi connectivity index (χ4v) is 3.29. The van der Waals surface area contributed by atoms with Crippen LogP contribution in [0.1, 0.15) is 30.0 Å². The molecule has 1 aliphatic rings. The molecule has 1 amide bonds. The Kier molecular flexibility index (Phi) is 5.57. The zero-order valence-electron chi connectivity index (χ0n) is 16.5. The van der Waals surface area contributed by atoms with Crippen LogP contribution in [0.15, 0.2) is 47.3 Å². The molecular formula is C21H17F5N4O2. The highest BCUT2D eigenvalue weighted by Gasteiger charge is 2.32. The van der Waals surface area contributed by atoms with Gasteiger partial charge in [-0.3, -0.25) is 9.36 Å². The van der Waals surface area contributed by atoms with E-state index in [4.69, 9.17) is 0 Å². The number of rotatable bonds is 6. The molecule has 0 spiro atoms. The van der Waals surface area contributed by atoms with Crippen molar-refractivity contribution in [2.45, 2.75) is 38.1 Å². The predicted octanol–water partition coefficient (Wildman–Crippen LogP) is 3.66. The van der Waals surface area contributed by atoms with Crippen LogP contribution in [0, 0.1) is 11.6 Å². The van der Waals surface area contributed by atoms with E-state index in [1.54, 1.807) is 0 Å². The summed E-state index contributed by atoms with van der Waals surface area (Å²) in [5.41, 5.74) is -1.30. The molecule has 1 heterocycles. The van der Waals surface area contributed by atoms with Gasteiger partial charge in [0.2, 0.25) is 5.91 Å². The van der Waals surface area contributed by atoms with E-state index in [2.05, 4.69) is 10.4 Å². The van der Waals surface area contributed by atoms with Crippen LogP contribution in [0.5, 0.6) is 0 Å². The average Bonchev–Trinajstić information content (AvgIpc) is 3.51. The lowest BCUT2D eigenvalue weighted by molar-refractivity contribution is -0.137. The van der Waals surface area contributed by atoms with E-state index in [0.29, 0.717) is 18.9 Å². The second-order valence-electron chi connectivity index (χ2n) is 7.46. The second kappa shape index (κ2) is 8.21. The smallest absolute Gasteiger partial charge is 0.350 e. The summed E-state index contributed by atoms with van der Waals surface area (Å²) in [6.07, 6.45) is -3.14. The molecule has 11 heteroatoms. The average molecular weight is 452 g/mol. The molecule has 0 aliphatic heterocycles.